The van der Waals surface area contributed by atoms with Gasteiger partial charge in [0.1, 0.15) is 0 Å². The number of carbonyl (C=O) groups is 1. The molecule has 2 aliphatic heterocycles. The summed E-state index contributed by atoms with van der Waals surface area (Å²) in [4.78, 5) is 11.0. The first-order valence-corrected chi connectivity index (χ1v) is 5.75. The highest BCUT2D eigenvalue weighted by Crippen LogP contribution is 2.58. The molecule has 2 saturated heterocycles. The standard InChI is InChI=1S/C13H20O2/c1-9-7-11-8-12(3,4)13(9,15-11)6-5-10(2)14/h5-6,9,11H,7-8H2,1-4H3/t9-,11?,13?/m1/s1. The van der Waals surface area contributed by atoms with E-state index in [4.69, 9.17) is 4.74 Å². The zero-order valence-corrected chi connectivity index (χ0v) is 10.0. The van der Waals surface area contributed by atoms with Gasteiger partial charge in [0.25, 0.3) is 0 Å². The third-order valence-electron chi connectivity index (χ3n) is 4.07. The molecule has 2 fully saturated rings. The predicted octanol–water partition coefficient (Wildman–Crippen LogP) is 2.73. The van der Waals surface area contributed by atoms with Gasteiger partial charge in [-0.3, -0.25) is 4.79 Å². The molecular weight excluding hydrogens is 188 g/mol. The highest BCUT2D eigenvalue weighted by atomic mass is 16.5. The summed E-state index contributed by atoms with van der Waals surface area (Å²) in [6.07, 6.45) is 6.32. The lowest BCUT2D eigenvalue weighted by molar-refractivity contribution is -0.112. The molecule has 2 rings (SSSR count). The molecule has 3 atom stereocenters. The van der Waals surface area contributed by atoms with Crippen molar-refractivity contribution in [3.63, 3.8) is 0 Å². The summed E-state index contributed by atoms with van der Waals surface area (Å²) in [5.41, 5.74) is -0.0510. The molecule has 2 unspecified atom stereocenters. The molecule has 2 nitrogen and oxygen atoms in total. The lowest BCUT2D eigenvalue weighted by Gasteiger charge is -2.41. The second kappa shape index (κ2) is 3.18. The lowest BCUT2D eigenvalue weighted by Crippen LogP contribution is -2.44. The van der Waals surface area contributed by atoms with Crippen LogP contribution in [0, 0.1) is 11.3 Å². The molecule has 0 aliphatic carbocycles. The van der Waals surface area contributed by atoms with Crippen molar-refractivity contribution in [2.24, 2.45) is 11.3 Å². The number of hydrogen-bond donors (Lipinski definition) is 0. The molecule has 0 amide bonds. The van der Waals surface area contributed by atoms with Crippen LogP contribution in [0.3, 0.4) is 0 Å². The van der Waals surface area contributed by atoms with Gasteiger partial charge in [-0.15, -0.1) is 0 Å². The van der Waals surface area contributed by atoms with Crippen molar-refractivity contribution in [1.82, 2.24) is 0 Å². The largest absolute Gasteiger partial charge is 0.367 e. The van der Waals surface area contributed by atoms with Crippen molar-refractivity contribution < 1.29 is 9.53 Å². The fourth-order valence-corrected chi connectivity index (χ4v) is 3.36. The molecule has 0 saturated carbocycles. The van der Waals surface area contributed by atoms with Crippen LogP contribution in [0.4, 0.5) is 0 Å². The Balaban J connectivity index is 2.33. The Bertz CT molecular complexity index is 316. The van der Waals surface area contributed by atoms with Gasteiger partial charge in [-0.05, 0) is 37.8 Å². The average molecular weight is 208 g/mol. The summed E-state index contributed by atoms with van der Waals surface area (Å²) in [5.74, 6) is 0.619. The Morgan fingerprint density at radius 3 is 2.60 bits per heavy atom. The van der Waals surface area contributed by atoms with Crippen LogP contribution >= 0.6 is 0 Å². The summed E-state index contributed by atoms with van der Waals surface area (Å²) in [6, 6.07) is 0. The fourth-order valence-electron chi connectivity index (χ4n) is 3.36. The molecule has 84 valence electrons. The Morgan fingerprint density at radius 1 is 1.47 bits per heavy atom. The minimum atomic E-state index is -0.205. The van der Waals surface area contributed by atoms with Gasteiger partial charge in [0.15, 0.2) is 5.78 Å². The van der Waals surface area contributed by atoms with Gasteiger partial charge in [-0.25, -0.2) is 0 Å². The van der Waals surface area contributed by atoms with Crippen LogP contribution in [0.1, 0.15) is 40.5 Å². The summed E-state index contributed by atoms with van der Waals surface area (Å²) >= 11 is 0. The third-order valence-corrected chi connectivity index (χ3v) is 4.07. The van der Waals surface area contributed by atoms with Gasteiger partial charge in [0.2, 0.25) is 0 Å². The van der Waals surface area contributed by atoms with E-state index >= 15 is 0 Å². The summed E-state index contributed by atoms with van der Waals surface area (Å²) < 4.78 is 6.10. The van der Waals surface area contributed by atoms with Gasteiger partial charge in [0, 0.05) is 5.41 Å². The Kier molecular flexibility index (Phi) is 2.30. The molecule has 2 heterocycles. The number of allylic oxidation sites excluding steroid dienone is 1. The molecule has 0 spiro atoms. The van der Waals surface area contributed by atoms with E-state index in [1.54, 1.807) is 13.0 Å². The minimum Gasteiger partial charge on any atom is -0.367 e. The maximum Gasteiger partial charge on any atom is 0.152 e. The average Bonchev–Trinajstić information content (AvgIpc) is 2.50. The van der Waals surface area contributed by atoms with E-state index in [0.717, 1.165) is 12.8 Å². The topological polar surface area (TPSA) is 26.3 Å². The van der Waals surface area contributed by atoms with Crippen LogP contribution in [0.15, 0.2) is 12.2 Å². The van der Waals surface area contributed by atoms with Gasteiger partial charge in [-0.1, -0.05) is 20.8 Å². The second-order valence-corrected chi connectivity index (χ2v) is 5.70. The van der Waals surface area contributed by atoms with Crippen LogP contribution < -0.4 is 0 Å². The fraction of sp³-hybridized carbons (Fsp3) is 0.769. The number of ether oxygens (including phenoxy) is 1. The molecule has 2 heteroatoms. The number of hydrogen-bond acceptors (Lipinski definition) is 2. The summed E-state index contributed by atoms with van der Waals surface area (Å²) in [7, 11) is 0. The van der Waals surface area contributed by atoms with Crippen LogP contribution in [-0.4, -0.2) is 17.5 Å². The maximum absolute atomic E-state index is 11.0. The molecule has 0 aromatic heterocycles. The Morgan fingerprint density at radius 2 is 2.13 bits per heavy atom. The third kappa shape index (κ3) is 1.46. The minimum absolute atomic E-state index is 0.103. The van der Waals surface area contributed by atoms with Crippen molar-refractivity contribution in [1.29, 1.82) is 0 Å². The van der Waals surface area contributed by atoms with Gasteiger partial charge in [0.05, 0.1) is 11.7 Å². The van der Waals surface area contributed by atoms with Gasteiger partial charge >= 0.3 is 0 Å². The van der Waals surface area contributed by atoms with E-state index < -0.39 is 0 Å². The number of rotatable bonds is 2. The monoisotopic (exact) mass is 208 g/mol. The zero-order valence-electron chi connectivity index (χ0n) is 10.0. The van der Waals surface area contributed by atoms with Crippen molar-refractivity contribution >= 4 is 5.78 Å². The molecular formula is C13H20O2. The molecule has 15 heavy (non-hydrogen) atoms. The Labute approximate surface area is 91.7 Å². The molecule has 2 aliphatic rings. The highest BCUT2D eigenvalue weighted by Gasteiger charge is 2.60. The first-order valence-electron chi connectivity index (χ1n) is 5.75. The van der Waals surface area contributed by atoms with Crippen LogP contribution in [0.5, 0.6) is 0 Å². The Hall–Kier alpha value is -0.630. The van der Waals surface area contributed by atoms with Crippen molar-refractivity contribution in [2.45, 2.75) is 52.2 Å². The number of fused-ring (bicyclic) bond motifs is 2. The lowest BCUT2D eigenvalue weighted by atomic mass is 9.63. The molecule has 0 aromatic rings. The first-order chi connectivity index (χ1) is 6.87. The quantitative estimate of drug-likeness (QED) is 0.652. The predicted molar refractivity (Wildman–Crippen MR) is 59.6 cm³/mol. The van der Waals surface area contributed by atoms with E-state index in [1.165, 1.54) is 0 Å². The van der Waals surface area contributed by atoms with E-state index in [1.807, 2.05) is 6.08 Å². The second-order valence-electron chi connectivity index (χ2n) is 5.70. The van der Waals surface area contributed by atoms with Gasteiger partial charge < -0.3 is 4.74 Å². The number of carbonyl (C=O) groups excluding carboxylic acids is 1. The van der Waals surface area contributed by atoms with E-state index in [-0.39, 0.29) is 16.8 Å². The zero-order chi connectivity index (χ0) is 11.3. The van der Waals surface area contributed by atoms with Crippen LogP contribution in [-0.2, 0) is 9.53 Å². The SMILES string of the molecule is CC(=O)C=CC12OC(C[C@H]1C)CC2(C)C. The van der Waals surface area contributed by atoms with E-state index in [9.17, 15) is 4.79 Å². The highest BCUT2D eigenvalue weighted by molar-refractivity contribution is 5.87. The van der Waals surface area contributed by atoms with E-state index in [2.05, 4.69) is 20.8 Å². The van der Waals surface area contributed by atoms with E-state index in [0.29, 0.717) is 12.0 Å². The van der Waals surface area contributed by atoms with Crippen LogP contribution in [0.25, 0.3) is 0 Å². The smallest absolute Gasteiger partial charge is 0.152 e. The molecule has 0 aromatic carbocycles. The van der Waals surface area contributed by atoms with Crippen LogP contribution in [0.2, 0.25) is 0 Å². The molecule has 0 radical (unpaired) electrons. The maximum atomic E-state index is 11.0. The summed E-state index contributed by atoms with van der Waals surface area (Å²) in [6.45, 7) is 8.30. The first kappa shape index (κ1) is 10.9. The molecule has 0 N–H and O–H groups in total. The van der Waals surface area contributed by atoms with Crippen molar-refractivity contribution in [3.8, 4) is 0 Å². The van der Waals surface area contributed by atoms with Crippen molar-refractivity contribution in [3.05, 3.63) is 12.2 Å². The normalized spacial score (nSPS) is 42.7. The number of ketones is 1. The van der Waals surface area contributed by atoms with Crippen molar-refractivity contribution in [2.75, 3.05) is 0 Å². The van der Waals surface area contributed by atoms with Gasteiger partial charge in [-0.2, -0.15) is 0 Å². The summed E-state index contributed by atoms with van der Waals surface area (Å²) in [5, 5.41) is 0. The molecule has 2 bridgehead atoms.